The Kier molecular flexibility index (Phi) is 3.62. The van der Waals surface area contributed by atoms with Gasteiger partial charge in [0.05, 0.1) is 0 Å². The average molecular weight is 279 g/mol. The fourth-order valence-electron chi connectivity index (χ4n) is 1.78. The van der Waals surface area contributed by atoms with E-state index in [0.29, 0.717) is 5.02 Å². The van der Waals surface area contributed by atoms with Gasteiger partial charge >= 0.3 is 5.97 Å². The van der Waals surface area contributed by atoms with Crippen molar-refractivity contribution in [2.75, 3.05) is 0 Å². The number of phenolic OH excluding ortho intramolecular Hbond substituents is 1. The highest BCUT2D eigenvalue weighted by Crippen LogP contribution is 2.32. The molecule has 2 rings (SSSR count). The number of hydrogen-bond acceptors (Lipinski definition) is 3. The first-order valence-electron chi connectivity index (χ1n) is 5.50. The van der Waals surface area contributed by atoms with E-state index < -0.39 is 11.7 Å². The predicted molar refractivity (Wildman–Crippen MR) is 71.0 cm³/mol. The number of carboxylic acid groups (broad SMARTS) is 1. The summed E-state index contributed by atoms with van der Waals surface area (Å²) in [4.78, 5) is 10.9. The van der Waals surface area contributed by atoms with Crippen LogP contribution in [0.5, 0.6) is 11.5 Å². The molecule has 0 atom stereocenters. The maximum absolute atomic E-state index is 10.9. The summed E-state index contributed by atoms with van der Waals surface area (Å²) < 4.78 is 0. The van der Waals surface area contributed by atoms with Crippen LogP contribution in [0.4, 0.5) is 0 Å². The smallest absolute Gasteiger partial charge is 0.339 e. The molecule has 5 heteroatoms. The lowest BCUT2D eigenvalue weighted by Crippen LogP contribution is -2.00. The van der Waals surface area contributed by atoms with Crippen LogP contribution in [-0.4, -0.2) is 21.3 Å². The van der Waals surface area contributed by atoms with Gasteiger partial charge in [0.15, 0.2) is 0 Å². The molecule has 19 heavy (non-hydrogen) atoms. The van der Waals surface area contributed by atoms with Crippen LogP contribution in [0.2, 0.25) is 5.02 Å². The van der Waals surface area contributed by atoms with Gasteiger partial charge in [0.1, 0.15) is 17.1 Å². The second-order valence-electron chi connectivity index (χ2n) is 4.07. The molecule has 4 nitrogen and oxygen atoms in total. The van der Waals surface area contributed by atoms with E-state index in [4.69, 9.17) is 16.7 Å². The number of benzene rings is 2. The molecule has 0 heterocycles. The van der Waals surface area contributed by atoms with E-state index in [2.05, 4.69) is 0 Å². The zero-order valence-electron chi connectivity index (χ0n) is 9.80. The fourth-order valence-corrected chi connectivity index (χ4v) is 1.90. The minimum atomic E-state index is -1.24. The first-order chi connectivity index (χ1) is 8.99. The molecule has 0 aliphatic rings. The summed E-state index contributed by atoms with van der Waals surface area (Å²) >= 11 is 5.77. The summed E-state index contributed by atoms with van der Waals surface area (Å²) in [6.07, 6.45) is 0.218. The fraction of sp³-hybridized carbons (Fsp3) is 0.0714. The van der Waals surface area contributed by atoms with Crippen molar-refractivity contribution in [2.24, 2.45) is 0 Å². The summed E-state index contributed by atoms with van der Waals surface area (Å²) in [6.45, 7) is 0. The molecule has 0 aromatic heterocycles. The molecule has 2 aromatic carbocycles. The molecule has 0 radical (unpaired) electrons. The van der Waals surface area contributed by atoms with E-state index in [0.717, 1.165) is 5.56 Å². The Morgan fingerprint density at radius 3 is 2.26 bits per heavy atom. The normalized spacial score (nSPS) is 10.4. The Hall–Kier alpha value is -2.20. The van der Waals surface area contributed by atoms with Gasteiger partial charge in [-0.3, -0.25) is 0 Å². The van der Waals surface area contributed by atoms with Gasteiger partial charge in [-0.25, -0.2) is 4.79 Å². The van der Waals surface area contributed by atoms with E-state index in [1.54, 1.807) is 24.3 Å². The number of aromatic hydroxyl groups is 2. The van der Waals surface area contributed by atoms with E-state index >= 15 is 0 Å². The van der Waals surface area contributed by atoms with Crippen molar-refractivity contribution in [3.63, 3.8) is 0 Å². The molecule has 0 aliphatic carbocycles. The molecule has 0 amide bonds. The number of rotatable bonds is 3. The van der Waals surface area contributed by atoms with Crippen molar-refractivity contribution in [1.82, 2.24) is 0 Å². The third-order valence-corrected chi connectivity index (χ3v) is 3.03. The largest absolute Gasteiger partial charge is 0.508 e. The summed E-state index contributed by atoms with van der Waals surface area (Å²) in [5.41, 5.74) is 0.751. The van der Waals surface area contributed by atoms with Crippen molar-refractivity contribution >= 4 is 17.6 Å². The molecular formula is C14H11ClO4. The first-order valence-corrected chi connectivity index (χ1v) is 5.88. The average Bonchev–Trinajstić information content (AvgIpc) is 2.36. The van der Waals surface area contributed by atoms with Crippen molar-refractivity contribution in [3.05, 3.63) is 58.1 Å². The number of carboxylic acids is 1. The van der Waals surface area contributed by atoms with Gasteiger partial charge < -0.3 is 15.3 Å². The molecule has 0 fully saturated rings. The first kappa shape index (κ1) is 13.2. The third-order valence-electron chi connectivity index (χ3n) is 2.78. The SMILES string of the molecule is O=C(O)c1ccc(O)c(Cc2ccc(Cl)cc2)c1O. The van der Waals surface area contributed by atoms with Gasteiger partial charge in [-0.15, -0.1) is 0 Å². The summed E-state index contributed by atoms with van der Waals surface area (Å²) in [7, 11) is 0. The lowest BCUT2D eigenvalue weighted by atomic mass is 10.00. The van der Waals surface area contributed by atoms with Crippen LogP contribution in [0, 0.1) is 0 Å². The molecule has 98 valence electrons. The highest BCUT2D eigenvalue weighted by molar-refractivity contribution is 6.30. The standard InChI is InChI=1S/C14H11ClO4/c15-9-3-1-8(2-4-9)7-11-12(16)6-5-10(13(11)17)14(18)19/h1-6,16-17H,7H2,(H,18,19). The van der Waals surface area contributed by atoms with Crippen molar-refractivity contribution in [1.29, 1.82) is 0 Å². The zero-order chi connectivity index (χ0) is 14.0. The molecule has 0 aliphatic heterocycles. The minimum absolute atomic E-state index is 0.141. The van der Waals surface area contributed by atoms with E-state index in [9.17, 15) is 15.0 Å². The van der Waals surface area contributed by atoms with Gasteiger partial charge in [0.25, 0.3) is 0 Å². The lowest BCUT2D eigenvalue weighted by molar-refractivity contribution is 0.0693. The predicted octanol–water partition coefficient (Wildman–Crippen LogP) is 3.04. The summed E-state index contributed by atoms with van der Waals surface area (Å²) in [6, 6.07) is 9.29. The summed E-state index contributed by atoms with van der Waals surface area (Å²) in [5, 5.41) is 29.1. The molecule has 0 bridgehead atoms. The molecular weight excluding hydrogens is 268 g/mol. The Bertz CT molecular complexity index is 620. The lowest BCUT2D eigenvalue weighted by Gasteiger charge is -2.09. The third kappa shape index (κ3) is 2.80. The number of halogens is 1. The Balaban J connectivity index is 2.41. The molecule has 2 aromatic rings. The number of hydrogen-bond donors (Lipinski definition) is 3. The van der Waals surface area contributed by atoms with E-state index in [1.807, 2.05) is 0 Å². The second kappa shape index (κ2) is 5.20. The molecule has 0 spiro atoms. The van der Waals surface area contributed by atoms with Crippen LogP contribution in [0.15, 0.2) is 36.4 Å². The number of carbonyl (C=O) groups is 1. The van der Waals surface area contributed by atoms with Gasteiger partial charge in [-0.05, 0) is 29.8 Å². The van der Waals surface area contributed by atoms with Crippen LogP contribution < -0.4 is 0 Å². The number of phenols is 2. The highest BCUT2D eigenvalue weighted by atomic mass is 35.5. The topological polar surface area (TPSA) is 77.8 Å². The van der Waals surface area contributed by atoms with E-state index in [1.165, 1.54) is 12.1 Å². The Labute approximate surface area is 114 Å². The van der Waals surface area contributed by atoms with Gasteiger partial charge in [-0.2, -0.15) is 0 Å². The highest BCUT2D eigenvalue weighted by Gasteiger charge is 2.17. The Morgan fingerprint density at radius 2 is 1.68 bits per heavy atom. The molecule has 0 unspecified atom stereocenters. The van der Waals surface area contributed by atoms with Crippen LogP contribution in [0.25, 0.3) is 0 Å². The second-order valence-corrected chi connectivity index (χ2v) is 4.50. The van der Waals surface area contributed by atoms with E-state index in [-0.39, 0.29) is 23.3 Å². The maximum atomic E-state index is 10.9. The van der Waals surface area contributed by atoms with Gasteiger partial charge in [0, 0.05) is 17.0 Å². The number of aromatic carboxylic acids is 1. The van der Waals surface area contributed by atoms with Crippen LogP contribution in [0.1, 0.15) is 21.5 Å². The van der Waals surface area contributed by atoms with Crippen LogP contribution >= 0.6 is 11.6 Å². The summed E-state index contributed by atoms with van der Waals surface area (Å²) in [5.74, 6) is -1.80. The quantitative estimate of drug-likeness (QED) is 0.806. The van der Waals surface area contributed by atoms with Crippen molar-refractivity contribution < 1.29 is 20.1 Å². The monoisotopic (exact) mass is 278 g/mol. The molecule has 3 N–H and O–H groups in total. The molecule has 0 saturated heterocycles. The Morgan fingerprint density at radius 1 is 1.05 bits per heavy atom. The maximum Gasteiger partial charge on any atom is 0.339 e. The van der Waals surface area contributed by atoms with Crippen molar-refractivity contribution in [3.8, 4) is 11.5 Å². The van der Waals surface area contributed by atoms with Crippen LogP contribution in [-0.2, 0) is 6.42 Å². The van der Waals surface area contributed by atoms with Gasteiger partial charge in [0.2, 0.25) is 0 Å². The van der Waals surface area contributed by atoms with Gasteiger partial charge in [-0.1, -0.05) is 23.7 Å². The zero-order valence-corrected chi connectivity index (χ0v) is 10.6. The van der Waals surface area contributed by atoms with Crippen molar-refractivity contribution in [2.45, 2.75) is 6.42 Å². The van der Waals surface area contributed by atoms with Crippen LogP contribution in [0.3, 0.4) is 0 Å². The minimum Gasteiger partial charge on any atom is -0.508 e. The molecule has 0 saturated carbocycles.